The average molecular weight is 323 g/mol. The van der Waals surface area contributed by atoms with Crippen molar-refractivity contribution in [3.8, 4) is 0 Å². The summed E-state index contributed by atoms with van der Waals surface area (Å²) < 4.78 is 10.3. The quantitative estimate of drug-likeness (QED) is 0.824. The van der Waals surface area contributed by atoms with Gasteiger partial charge in [0.15, 0.2) is 0 Å². The van der Waals surface area contributed by atoms with E-state index in [4.69, 9.17) is 9.47 Å². The van der Waals surface area contributed by atoms with Gasteiger partial charge in [-0.05, 0) is 33.3 Å². The predicted molar refractivity (Wildman–Crippen MR) is 87.8 cm³/mol. The number of aryl methyl sites for hydroxylation is 2. The Bertz CT molecular complexity index is 684. The molecule has 0 fully saturated rings. The van der Waals surface area contributed by atoms with Crippen molar-refractivity contribution in [2.24, 2.45) is 0 Å². The maximum Gasteiger partial charge on any atom is 0.348 e. The average Bonchev–Trinajstić information content (AvgIpc) is 2.76. The monoisotopic (exact) mass is 323 g/mol. The second kappa shape index (κ2) is 7.02. The number of hydrogen-bond acceptors (Lipinski definition) is 7. The summed E-state index contributed by atoms with van der Waals surface area (Å²) in [6.07, 6.45) is 0. The van der Waals surface area contributed by atoms with Gasteiger partial charge in [-0.3, -0.25) is 0 Å². The molecule has 6 nitrogen and oxygen atoms in total. The van der Waals surface area contributed by atoms with E-state index in [-0.39, 0.29) is 12.0 Å². The van der Waals surface area contributed by atoms with Crippen LogP contribution in [0.1, 0.15) is 34.9 Å². The lowest BCUT2D eigenvalue weighted by atomic mass is 10.2. The summed E-state index contributed by atoms with van der Waals surface area (Å²) in [5.74, 6) is 1.09. The highest BCUT2D eigenvalue weighted by molar-refractivity contribution is 7.20. The van der Waals surface area contributed by atoms with Crippen molar-refractivity contribution >= 4 is 33.3 Å². The minimum atomic E-state index is -0.309. The molecule has 2 aromatic rings. The fourth-order valence-corrected chi connectivity index (χ4v) is 3.39. The number of fused-ring (bicyclic) bond motifs is 1. The number of thiophene rings is 1. The molecular formula is C15H21N3O3S. The normalized spacial score (nSPS) is 12.4. The number of esters is 1. The number of carbonyl (C=O) groups excluding carboxylic acids is 1. The minimum absolute atomic E-state index is 0.104. The zero-order valence-corrected chi connectivity index (χ0v) is 14.3. The SMILES string of the molecule is CCOC(=O)c1sc2nc(C)nc(NC(C)COC)c2c1C. The largest absolute Gasteiger partial charge is 0.462 e. The van der Waals surface area contributed by atoms with Crippen LogP contribution < -0.4 is 5.32 Å². The van der Waals surface area contributed by atoms with Crippen LogP contribution in [-0.2, 0) is 9.47 Å². The second-order valence-corrected chi connectivity index (χ2v) is 6.08. The molecule has 2 rings (SSSR count). The lowest BCUT2D eigenvalue weighted by Crippen LogP contribution is -2.22. The number of aromatic nitrogens is 2. The molecule has 2 heterocycles. The molecule has 0 aromatic carbocycles. The van der Waals surface area contributed by atoms with Crippen LogP contribution in [0.3, 0.4) is 0 Å². The van der Waals surface area contributed by atoms with E-state index in [0.717, 1.165) is 21.6 Å². The molecule has 7 heteroatoms. The molecule has 0 aliphatic rings. The van der Waals surface area contributed by atoms with Crippen molar-refractivity contribution in [1.82, 2.24) is 9.97 Å². The van der Waals surface area contributed by atoms with Gasteiger partial charge in [0.1, 0.15) is 21.3 Å². The van der Waals surface area contributed by atoms with Crippen LogP contribution in [0.2, 0.25) is 0 Å². The first-order valence-corrected chi connectivity index (χ1v) is 7.99. The number of ether oxygens (including phenoxy) is 2. The maximum atomic E-state index is 12.1. The number of methoxy groups -OCH3 is 1. The zero-order valence-electron chi connectivity index (χ0n) is 13.5. The van der Waals surface area contributed by atoms with Gasteiger partial charge in [-0.15, -0.1) is 11.3 Å². The molecule has 22 heavy (non-hydrogen) atoms. The van der Waals surface area contributed by atoms with Crippen molar-refractivity contribution in [3.63, 3.8) is 0 Å². The number of nitrogens with one attached hydrogen (secondary N) is 1. The molecule has 0 aliphatic heterocycles. The summed E-state index contributed by atoms with van der Waals surface area (Å²) >= 11 is 1.34. The molecule has 120 valence electrons. The van der Waals surface area contributed by atoms with E-state index in [1.807, 2.05) is 20.8 Å². The Hall–Kier alpha value is -1.73. The van der Waals surface area contributed by atoms with Crippen LogP contribution in [0.4, 0.5) is 5.82 Å². The van der Waals surface area contributed by atoms with Gasteiger partial charge in [0.2, 0.25) is 0 Å². The first kappa shape index (κ1) is 16.6. The van der Waals surface area contributed by atoms with Crippen LogP contribution in [0.25, 0.3) is 10.2 Å². The fourth-order valence-electron chi connectivity index (χ4n) is 2.27. The number of rotatable bonds is 6. The predicted octanol–water partition coefficient (Wildman–Crippen LogP) is 2.93. The highest BCUT2D eigenvalue weighted by Gasteiger charge is 2.21. The molecule has 2 aromatic heterocycles. The zero-order chi connectivity index (χ0) is 16.3. The van der Waals surface area contributed by atoms with Gasteiger partial charge in [0, 0.05) is 13.2 Å². The second-order valence-electron chi connectivity index (χ2n) is 5.08. The summed E-state index contributed by atoms with van der Waals surface area (Å²) in [5.41, 5.74) is 0.852. The standard InChI is InChI=1S/C15H21N3O3S/c1-6-21-15(19)12-9(3)11-13(16-8(2)7-20-5)17-10(4)18-14(11)22-12/h8H,6-7H2,1-5H3,(H,16,17,18). The molecule has 1 N–H and O–H groups in total. The molecule has 1 unspecified atom stereocenters. The van der Waals surface area contributed by atoms with E-state index in [2.05, 4.69) is 15.3 Å². The number of nitrogens with zero attached hydrogens (tertiary/aromatic N) is 2. The third-order valence-electron chi connectivity index (χ3n) is 3.16. The Kier molecular flexibility index (Phi) is 5.31. The Morgan fingerprint density at radius 1 is 1.36 bits per heavy atom. The van der Waals surface area contributed by atoms with Gasteiger partial charge in [-0.2, -0.15) is 0 Å². The summed E-state index contributed by atoms with van der Waals surface area (Å²) in [6.45, 7) is 8.47. The van der Waals surface area contributed by atoms with E-state index >= 15 is 0 Å². The van der Waals surface area contributed by atoms with E-state index in [1.54, 1.807) is 14.0 Å². The van der Waals surface area contributed by atoms with Crippen molar-refractivity contribution in [3.05, 3.63) is 16.3 Å². The molecule has 0 spiro atoms. The minimum Gasteiger partial charge on any atom is -0.462 e. The highest BCUT2D eigenvalue weighted by atomic mass is 32.1. The van der Waals surface area contributed by atoms with Crippen molar-refractivity contribution in [2.45, 2.75) is 33.7 Å². The number of anilines is 1. The summed E-state index contributed by atoms with van der Waals surface area (Å²) in [7, 11) is 1.66. The van der Waals surface area contributed by atoms with Crippen LogP contribution in [0.15, 0.2) is 0 Å². The first-order chi connectivity index (χ1) is 10.5. The van der Waals surface area contributed by atoms with Crippen LogP contribution in [0.5, 0.6) is 0 Å². The summed E-state index contributed by atoms with van der Waals surface area (Å²) in [6, 6.07) is 0.104. The van der Waals surface area contributed by atoms with Crippen molar-refractivity contribution in [1.29, 1.82) is 0 Å². The van der Waals surface area contributed by atoms with E-state index in [0.29, 0.717) is 23.9 Å². The van der Waals surface area contributed by atoms with Gasteiger partial charge in [-0.25, -0.2) is 14.8 Å². The third kappa shape index (κ3) is 3.36. The smallest absolute Gasteiger partial charge is 0.348 e. The lowest BCUT2D eigenvalue weighted by Gasteiger charge is -2.14. The van der Waals surface area contributed by atoms with Gasteiger partial charge in [0.25, 0.3) is 0 Å². The number of hydrogen-bond donors (Lipinski definition) is 1. The molecule has 0 saturated heterocycles. The lowest BCUT2D eigenvalue weighted by molar-refractivity contribution is 0.0531. The topological polar surface area (TPSA) is 73.3 Å². The Balaban J connectivity index is 2.50. The summed E-state index contributed by atoms with van der Waals surface area (Å²) in [4.78, 5) is 22.4. The van der Waals surface area contributed by atoms with E-state index < -0.39 is 0 Å². The summed E-state index contributed by atoms with van der Waals surface area (Å²) in [5, 5.41) is 4.21. The van der Waals surface area contributed by atoms with Crippen LogP contribution in [-0.4, -0.2) is 42.3 Å². The molecule has 0 radical (unpaired) electrons. The Morgan fingerprint density at radius 2 is 2.09 bits per heavy atom. The molecule has 0 aliphatic carbocycles. The van der Waals surface area contributed by atoms with Crippen molar-refractivity contribution in [2.75, 3.05) is 25.6 Å². The van der Waals surface area contributed by atoms with Gasteiger partial charge in [-0.1, -0.05) is 0 Å². The van der Waals surface area contributed by atoms with Crippen LogP contribution in [0, 0.1) is 13.8 Å². The highest BCUT2D eigenvalue weighted by Crippen LogP contribution is 2.34. The molecule has 1 atom stereocenters. The molecule has 0 saturated carbocycles. The first-order valence-electron chi connectivity index (χ1n) is 7.18. The van der Waals surface area contributed by atoms with Gasteiger partial charge in [0.05, 0.1) is 18.6 Å². The van der Waals surface area contributed by atoms with Gasteiger partial charge >= 0.3 is 5.97 Å². The Morgan fingerprint density at radius 3 is 2.73 bits per heavy atom. The Labute approximate surface area is 133 Å². The van der Waals surface area contributed by atoms with Crippen LogP contribution >= 0.6 is 11.3 Å². The van der Waals surface area contributed by atoms with Gasteiger partial charge < -0.3 is 14.8 Å². The molecule has 0 amide bonds. The fraction of sp³-hybridized carbons (Fsp3) is 0.533. The van der Waals surface area contributed by atoms with Crippen molar-refractivity contribution < 1.29 is 14.3 Å². The van der Waals surface area contributed by atoms with E-state index in [9.17, 15) is 4.79 Å². The number of carbonyl (C=O) groups is 1. The maximum absolute atomic E-state index is 12.1. The third-order valence-corrected chi connectivity index (χ3v) is 4.33. The van der Waals surface area contributed by atoms with E-state index in [1.165, 1.54) is 11.3 Å². The molecular weight excluding hydrogens is 302 g/mol. The molecule has 0 bridgehead atoms.